The molecule has 0 heterocycles. The van der Waals surface area contributed by atoms with E-state index in [0.717, 1.165) is 32.1 Å². The SMILES string of the molecule is CC(C)(N)C(C)(C)C(=O)NC(C(=O)O)C1CCCCC1. The third-order valence-corrected chi connectivity index (χ3v) is 4.85. The van der Waals surface area contributed by atoms with Crippen LogP contribution < -0.4 is 11.1 Å². The number of amides is 1. The van der Waals surface area contributed by atoms with E-state index in [1.54, 1.807) is 27.7 Å². The maximum absolute atomic E-state index is 12.4. The van der Waals surface area contributed by atoms with Gasteiger partial charge in [-0.2, -0.15) is 0 Å². The number of carbonyl (C=O) groups is 2. The zero-order valence-electron chi connectivity index (χ0n) is 13.0. The Morgan fingerprint density at radius 1 is 1.15 bits per heavy atom. The fourth-order valence-corrected chi connectivity index (χ4v) is 2.46. The Morgan fingerprint density at radius 3 is 2.05 bits per heavy atom. The molecule has 4 N–H and O–H groups in total. The number of carboxylic acid groups (broad SMARTS) is 1. The number of nitrogens with two attached hydrogens (primary N) is 1. The van der Waals surface area contributed by atoms with Crippen LogP contribution in [0.3, 0.4) is 0 Å². The molecule has 0 spiro atoms. The van der Waals surface area contributed by atoms with E-state index in [4.69, 9.17) is 5.73 Å². The molecule has 0 radical (unpaired) electrons. The number of hydrogen-bond acceptors (Lipinski definition) is 3. The van der Waals surface area contributed by atoms with E-state index in [2.05, 4.69) is 5.32 Å². The molecule has 1 aliphatic carbocycles. The minimum atomic E-state index is -0.948. The summed E-state index contributed by atoms with van der Waals surface area (Å²) in [6, 6.07) is -0.801. The smallest absolute Gasteiger partial charge is 0.326 e. The van der Waals surface area contributed by atoms with Crippen molar-refractivity contribution < 1.29 is 14.7 Å². The van der Waals surface area contributed by atoms with Crippen LogP contribution in [0.1, 0.15) is 59.8 Å². The first-order valence-electron chi connectivity index (χ1n) is 7.40. The summed E-state index contributed by atoms with van der Waals surface area (Å²) in [5, 5.41) is 12.1. The lowest BCUT2D eigenvalue weighted by Gasteiger charge is -2.38. The maximum atomic E-state index is 12.4. The summed E-state index contributed by atoms with van der Waals surface area (Å²) in [5.74, 6) is -1.21. The standard InChI is InChI=1S/C15H28N2O3/c1-14(2,15(3,4)16)13(20)17-11(12(18)19)10-8-6-5-7-9-10/h10-11H,5-9,16H2,1-4H3,(H,17,20)(H,18,19). The van der Waals surface area contributed by atoms with Crippen molar-refractivity contribution in [2.75, 3.05) is 0 Å². The van der Waals surface area contributed by atoms with Gasteiger partial charge in [0.15, 0.2) is 0 Å². The Balaban J connectivity index is 2.80. The molecule has 0 bridgehead atoms. The third-order valence-electron chi connectivity index (χ3n) is 4.85. The number of hydrogen-bond donors (Lipinski definition) is 3. The van der Waals surface area contributed by atoms with Gasteiger partial charge >= 0.3 is 5.97 Å². The average molecular weight is 284 g/mol. The Morgan fingerprint density at radius 2 is 1.65 bits per heavy atom. The molecule has 0 aliphatic heterocycles. The monoisotopic (exact) mass is 284 g/mol. The topological polar surface area (TPSA) is 92.4 Å². The van der Waals surface area contributed by atoms with E-state index < -0.39 is 23.0 Å². The lowest BCUT2D eigenvalue weighted by atomic mass is 9.74. The van der Waals surface area contributed by atoms with Crippen LogP contribution in [0, 0.1) is 11.3 Å². The van der Waals surface area contributed by atoms with Gasteiger partial charge in [0.1, 0.15) is 6.04 Å². The highest BCUT2D eigenvalue weighted by molar-refractivity contribution is 5.88. The summed E-state index contributed by atoms with van der Waals surface area (Å²) in [4.78, 5) is 23.9. The van der Waals surface area contributed by atoms with Gasteiger partial charge < -0.3 is 16.2 Å². The van der Waals surface area contributed by atoms with Crippen LogP contribution in [0.2, 0.25) is 0 Å². The highest BCUT2D eigenvalue weighted by atomic mass is 16.4. The molecule has 5 nitrogen and oxygen atoms in total. The molecule has 0 aromatic carbocycles. The Bertz CT molecular complexity index is 366. The van der Waals surface area contributed by atoms with Crippen LogP contribution in [-0.4, -0.2) is 28.6 Å². The van der Waals surface area contributed by atoms with Gasteiger partial charge in [-0.05, 0) is 46.5 Å². The minimum Gasteiger partial charge on any atom is -0.480 e. The molecule has 1 aliphatic rings. The minimum absolute atomic E-state index is 0.0295. The second-order valence-corrected chi connectivity index (χ2v) is 7.03. The summed E-state index contributed by atoms with van der Waals surface area (Å²) in [7, 11) is 0. The van der Waals surface area contributed by atoms with E-state index in [1.165, 1.54) is 0 Å². The molecule has 1 atom stereocenters. The molecule has 1 fully saturated rings. The molecule has 0 aromatic rings. The van der Waals surface area contributed by atoms with E-state index in [-0.39, 0.29) is 11.8 Å². The fraction of sp³-hybridized carbons (Fsp3) is 0.867. The first-order valence-corrected chi connectivity index (χ1v) is 7.40. The first-order chi connectivity index (χ1) is 9.07. The van der Waals surface area contributed by atoms with Crippen LogP contribution >= 0.6 is 0 Å². The Hall–Kier alpha value is -1.10. The zero-order chi connectivity index (χ0) is 15.6. The Labute approximate surface area is 121 Å². The highest BCUT2D eigenvalue weighted by Crippen LogP contribution is 2.31. The van der Waals surface area contributed by atoms with Gasteiger partial charge in [0.05, 0.1) is 5.41 Å². The predicted octanol–water partition coefficient (Wildman–Crippen LogP) is 1.90. The maximum Gasteiger partial charge on any atom is 0.326 e. The van der Waals surface area contributed by atoms with E-state index in [9.17, 15) is 14.7 Å². The zero-order valence-corrected chi connectivity index (χ0v) is 13.0. The van der Waals surface area contributed by atoms with Gasteiger partial charge in [0, 0.05) is 5.54 Å². The van der Waals surface area contributed by atoms with Crippen molar-refractivity contribution in [1.29, 1.82) is 0 Å². The van der Waals surface area contributed by atoms with Gasteiger partial charge in [0.25, 0.3) is 0 Å². The van der Waals surface area contributed by atoms with Crippen LogP contribution in [0.4, 0.5) is 0 Å². The molecular formula is C15H28N2O3. The molecule has 1 unspecified atom stereocenters. The molecule has 20 heavy (non-hydrogen) atoms. The first kappa shape index (κ1) is 17.0. The van der Waals surface area contributed by atoms with Crippen LogP contribution in [-0.2, 0) is 9.59 Å². The average Bonchev–Trinajstić information content (AvgIpc) is 2.34. The highest BCUT2D eigenvalue weighted by Gasteiger charge is 2.42. The fourth-order valence-electron chi connectivity index (χ4n) is 2.46. The summed E-state index contributed by atoms with van der Waals surface area (Å²) >= 11 is 0. The molecule has 116 valence electrons. The van der Waals surface area contributed by atoms with Crippen LogP contribution in [0.15, 0.2) is 0 Å². The van der Waals surface area contributed by atoms with Gasteiger partial charge in [-0.15, -0.1) is 0 Å². The number of nitrogens with one attached hydrogen (secondary N) is 1. The number of aliphatic carboxylic acids is 1. The second-order valence-electron chi connectivity index (χ2n) is 7.03. The van der Waals surface area contributed by atoms with Crippen molar-refractivity contribution in [3.63, 3.8) is 0 Å². The summed E-state index contributed by atoms with van der Waals surface area (Å²) < 4.78 is 0. The molecular weight excluding hydrogens is 256 g/mol. The lowest BCUT2D eigenvalue weighted by molar-refractivity contribution is -0.146. The molecule has 1 amide bonds. The third kappa shape index (κ3) is 3.72. The Kier molecular flexibility index (Phi) is 5.19. The van der Waals surface area contributed by atoms with E-state index >= 15 is 0 Å². The van der Waals surface area contributed by atoms with Crippen molar-refractivity contribution in [3.8, 4) is 0 Å². The molecule has 1 saturated carbocycles. The van der Waals surface area contributed by atoms with E-state index in [0.29, 0.717) is 0 Å². The number of rotatable bonds is 5. The molecule has 1 rings (SSSR count). The van der Waals surface area contributed by atoms with Gasteiger partial charge in [0.2, 0.25) is 5.91 Å². The summed E-state index contributed by atoms with van der Waals surface area (Å²) in [5.41, 5.74) is 4.50. The van der Waals surface area contributed by atoms with Crippen LogP contribution in [0.25, 0.3) is 0 Å². The van der Waals surface area contributed by atoms with Gasteiger partial charge in [-0.3, -0.25) is 4.79 Å². The van der Waals surface area contributed by atoms with Gasteiger partial charge in [-0.1, -0.05) is 19.3 Å². The van der Waals surface area contributed by atoms with Crippen molar-refractivity contribution in [2.45, 2.75) is 71.4 Å². The molecule has 0 aromatic heterocycles. The molecule has 5 heteroatoms. The van der Waals surface area contributed by atoms with Crippen molar-refractivity contribution in [3.05, 3.63) is 0 Å². The summed E-state index contributed by atoms with van der Waals surface area (Å²) in [6.45, 7) is 7.07. The van der Waals surface area contributed by atoms with Crippen LogP contribution in [0.5, 0.6) is 0 Å². The lowest BCUT2D eigenvalue weighted by Crippen LogP contribution is -2.59. The van der Waals surface area contributed by atoms with Crippen molar-refractivity contribution >= 4 is 11.9 Å². The number of carboxylic acids is 1. The normalized spacial score (nSPS) is 19.4. The summed E-state index contributed by atoms with van der Waals surface area (Å²) in [6.07, 6.45) is 4.96. The van der Waals surface area contributed by atoms with Crippen molar-refractivity contribution in [2.24, 2.45) is 17.1 Å². The largest absolute Gasteiger partial charge is 0.480 e. The van der Waals surface area contributed by atoms with E-state index in [1.807, 2.05) is 0 Å². The quantitative estimate of drug-likeness (QED) is 0.719. The second kappa shape index (κ2) is 6.12. The van der Waals surface area contributed by atoms with Crippen molar-refractivity contribution in [1.82, 2.24) is 5.32 Å². The number of carbonyl (C=O) groups excluding carboxylic acids is 1. The van der Waals surface area contributed by atoms with Gasteiger partial charge in [-0.25, -0.2) is 4.79 Å². The predicted molar refractivity (Wildman–Crippen MR) is 78.2 cm³/mol. The molecule has 0 saturated heterocycles.